The number of sulfonamides is 1. The molecule has 2 aromatic carbocycles. The van der Waals surface area contributed by atoms with Gasteiger partial charge in [-0.2, -0.15) is 4.31 Å². The summed E-state index contributed by atoms with van der Waals surface area (Å²) < 4.78 is 40.0. The van der Waals surface area contributed by atoms with Gasteiger partial charge in [-0.1, -0.05) is 30.3 Å². The van der Waals surface area contributed by atoms with Gasteiger partial charge in [0.05, 0.1) is 4.90 Å². The SMILES string of the molecule is Cc1c(F)cc(N)cc1S(=O)(=O)N(C)Cc1ccccc1. The van der Waals surface area contributed by atoms with Crippen molar-refractivity contribution in [2.45, 2.75) is 18.4 Å². The molecule has 0 fully saturated rings. The van der Waals surface area contributed by atoms with E-state index in [4.69, 9.17) is 5.73 Å². The minimum Gasteiger partial charge on any atom is -0.399 e. The molecule has 6 heteroatoms. The van der Waals surface area contributed by atoms with Gasteiger partial charge in [0.2, 0.25) is 10.0 Å². The second-order valence-corrected chi connectivity index (χ2v) is 6.89. The normalized spacial score (nSPS) is 11.8. The number of nitrogen functional groups attached to an aromatic ring is 1. The number of anilines is 1. The summed E-state index contributed by atoms with van der Waals surface area (Å²) in [6.07, 6.45) is 0. The van der Waals surface area contributed by atoms with E-state index < -0.39 is 15.8 Å². The lowest BCUT2D eigenvalue weighted by molar-refractivity contribution is 0.465. The van der Waals surface area contributed by atoms with Gasteiger partial charge in [0, 0.05) is 24.8 Å². The molecule has 0 aromatic heterocycles. The Kier molecular flexibility index (Phi) is 4.29. The Labute approximate surface area is 124 Å². The number of rotatable bonds is 4. The molecule has 0 saturated carbocycles. The number of nitrogens with zero attached hydrogens (tertiary/aromatic N) is 1. The molecule has 0 aliphatic rings. The van der Waals surface area contributed by atoms with Crippen LogP contribution < -0.4 is 5.73 Å². The molecule has 0 heterocycles. The summed E-state index contributed by atoms with van der Waals surface area (Å²) in [6.45, 7) is 1.64. The first-order valence-corrected chi connectivity index (χ1v) is 7.82. The minimum absolute atomic E-state index is 0.0733. The second kappa shape index (κ2) is 5.83. The molecular formula is C15H17FN2O2S. The minimum atomic E-state index is -3.80. The van der Waals surface area contributed by atoms with Crippen LogP contribution in [0.4, 0.5) is 10.1 Å². The van der Waals surface area contributed by atoms with Crippen LogP contribution in [0.25, 0.3) is 0 Å². The third-order valence-corrected chi connectivity index (χ3v) is 5.18. The Morgan fingerprint density at radius 1 is 1.19 bits per heavy atom. The fourth-order valence-electron chi connectivity index (χ4n) is 2.03. The number of hydrogen-bond acceptors (Lipinski definition) is 3. The molecule has 0 unspecified atom stereocenters. The van der Waals surface area contributed by atoms with Crippen molar-refractivity contribution in [1.82, 2.24) is 4.31 Å². The molecule has 0 aliphatic heterocycles. The number of halogens is 1. The van der Waals surface area contributed by atoms with E-state index in [2.05, 4.69) is 0 Å². The Morgan fingerprint density at radius 2 is 1.81 bits per heavy atom. The Balaban J connectivity index is 2.38. The highest BCUT2D eigenvalue weighted by molar-refractivity contribution is 7.89. The van der Waals surface area contributed by atoms with Gasteiger partial charge < -0.3 is 5.73 Å². The largest absolute Gasteiger partial charge is 0.399 e. The Bertz CT molecular complexity index is 746. The molecule has 21 heavy (non-hydrogen) atoms. The van der Waals surface area contributed by atoms with Gasteiger partial charge >= 0.3 is 0 Å². The maximum absolute atomic E-state index is 13.7. The lowest BCUT2D eigenvalue weighted by Gasteiger charge is -2.19. The van der Waals surface area contributed by atoms with Gasteiger partial charge in [-0.15, -0.1) is 0 Å². The van der Waals surface area contributed by atoms with Crippen molar-refractivity contribution >= 4 is 15.7 Å². The van der Waals surface area contributed by atoms with E-state index in [1.54, 1.807) is 0 Å². The molecule has 0 saturated heterocycles. The third kappa shape index (κ3) is 3.22. The fourth-order valence-corrected chi connectivity index (χ4v) is 3.46. The van der Waals surface area contributed by atoms with Crippen molar-refractivity contribution < 1.29 is 12.8 Å². The van der Waals surface area contributed by atoms with Crippen LogP contribution in [0.2, 0.25) is 0 Å². The maximum atomic E-state index is 13.7. The van der Waals surface area contributed by atoms with Gasteiger partial charge in [0.15, 0.2) is 0 Å². The predicted molar refractivity (Wildman–Crippen MR) is 80.6 cm³/mol. The zero-order chi connectivity index (χ0) is 15.6. The third-order valence-electron chi connectivity index (χ3n) is 3.26. The van der Waals surface area contributed by atoms with E-state index in [0.29, 0.717) is 0 Å². The molecule has 2 N–H and O–H groups in total. The van der Waals surface area contributed by atoms with Crippen LogP contribution >= 0.6 is 0 Å². The topological polar surface area (TPSA) is 63.4 Å². The van der Waals surface area contributed by atoms with Gasteiger partial charge in [0.1, 0.15) is 5.82 Å². The molecule has 0 spiro atoms. The zero-order valence-corrected chi connectivity index (χ0v) is 12.7. The first-order valence-electron chi connectivity index (χ1n) is 6.38. The highest BCUT2D eigenvalue weighted by Crippen LogP contribution is 2.25. The number of benzene rings is 2. The van der Waals surface area contributed by atoms with Gasteiger partial charge in [0.25, 0.3) is 0 Å². The Hall–Kier alpha value is -1.92. The molecule has 0 amide bonds. The number of hydrogen-bond donors (Lipinski definition) is 1. The highest BCUT2D eigenvalue weighted by Gasteiger charge is 2.24. The van der Waals surface area contributed by atoms with E-state index in [9.17, 15) is 12.8 Å². The Morgan fingerprint density at radius 3 is 2.43 bits per heavy atom. The van der Waals surface area contributed by atoms with Gasteiger partial charge in [-0.25, -0.2) is 12.8 Å². The van der Waals surface area contributed by atoms with E-state index in [1.165, 1.54) is 24.3 Å². The first-order chi connectivity index (χ1) is 9.82. The van der Waals surface area contributed by atoms with Crippen LogP contribution in [0.15, 0.2) is 47.4 Å². The summed E-state index contributed by atoms with van der Waals surface area (Å²) in [4.78, 5) is -0.0987. The van der Waals surface area contributed by atoms with Gasteiger partial charge in [-0.3, -0.25) is 0 Å². The van der Waals surface area contributed by atoms with Crippen molar-refractivity contribution in [2.24, 2.45) is 0 Å². The molecular weight excluding hydrogens is 291 g/mol. The average molecular weight is 308 g/mol. The second-order valence-electron chi connectivity index (χ2n) is 4.87. The number of nitrogens with two attached hydrogens (primary N) is 1. The average Bonchev–Trinajstić information content (AvgIpc) is 2.43. The lowest BCUT2D eigenvalue weighted by Crippen LogP contribution is -2.27. The van der Waals surface area contributed by atoms with Gasteiger partial charge in [-0.05, 0) is 24.6 Å². The molecule has 0 atom stereocenters. The van der Waals surface area contributed by atoms with Crippen LogP contribution in [0.1, 0.15) is 11.1 Å². The van der Waals surface area contributed by atoms with Crippen molar-refractivity contribution in [3.8, 4) is 0 Å². The van der Waals surface area contributed by atoms with Crippen LogP contribution in [-0.4, -0.2) is 19.8 Å². The molecule has 2 aromatic rings. The molecule has 0 bridgehead atoms. The van der Waals surface area contributed by atoms with Crippen LogP contribution in [0.3, 0.4) is 0 Å². The standard InChI is InChI=1S/C15H17FN2O2S/c1-11-14(16)8-13(17)9-15(11)21(19,20)18(2)10-12-6-4-3-5-7-12/h3-9H,10,17H2,1-2H3. The van der Waals surface area contributed by atoms with Crippen LogP contribution in [-0.2, 0) is 16.6 Å². The maximum Gasteiger partial charge on any atom is 0.243 e. The molecule has 0 aliphatic carbocycles. The monoisotopic (exact) mass is 308 g/mol. The highest BCUT2D eigenvalue weighted by atomic mass is 32.2. The summed E-state index contributed by atoms with van der Waals surface area (Å²) in [7, 11) is -2.34. The summed E-state index contributed by atoms with van der Waals surface area (Å²) in [5.41, 5.74) is 6.57. The first kappa shape index (κ1) is 15.5. The quantitative estimate of drug-likeness (QED) is 0.883. The molecule has 112 valence electrons. The predicted octanol–water partition coefficient (Wildman–Crippen LogP) is 2.54. The van der Waals surface area contributed by atoms with E-state index in [1.807, 2.05) is 30.3 Å². The zero-order valence-electron chi connectivity index (χ0n) is 11.9. The van der Waals surface area contributed by atoms with Crippen LogP contribution in [0, 0.1) is 12.7 Å². The summed E-state index contributed by atoms with van der Waals surface area (Å²) >= 11 is 0. The van der Waals surface area contributed by atoms with Crippen LogP contribution in [0.5, 0.6) is 0 Å². The van der Waals surface area contributed by atoms with E-state index in [0.717, 1.165) is 11.6 Å². The van der Waals surface area contributed by atoms with Crippen molar-refractivity contribution in [3.63, 3.8) is 0 Å². The van der Waals surface area contributed by atoms with E-state index in [-0.39, 0.29) is 22.7 Å². The molecule has 4 nitrogen and oxygen atoms in total. The van der Waals surface area contributed by atoms with E-state index >= 15 is 0 Å². The summed E-state index contributed by atoms with van der Waals surface area (Å²) in [5.74, 6) is -0.623. The lowest BCUT2D eigenvalue weighted by atomic mass is 10.2. The van der Waals surface area contributed by atoms with Crippen molar-refractivity contribution in [2.75, 3.05) is 12.8 Å². The van der Waals surface area contributed by atoms with Crippen molar-refractivity contribution in [1.29, 1.82) is 0 Å². The smallest absolute Gasteiger partial charge is 0.243 e. The molecule has 2 rings (SSSR count). The fraction of sp³-hybridized carbons (Fsp3) is 0.200. The summed E-state index contributed by atoms with van der Waals surface area (Å²) in [5, 5.41) is 0. The summed E-state index contributed by atoms with van der Waals surface area (Å²) in [6, 6.07) is 11.6. The molecule has 0 radical (unpaired) electrons. The van der Waals surface area contributed by atoms with Crippen molar-refractivity contribution in [3.05, 3.63) is 59.4 Å².